The molecule has 2 rings (SSSR count). The van der Waals surface area contributed by atoms with Crippen molar-refractivity contribution < 1.29 is 0 Å². The highest BCUT2D eigenvalue weighted by atomic mass is 32.1. The minimum Gasteiger partial charge on any atom is -0.316 e. The third kappa shape index (κ3) is 2.80. The Labute approximate surface area is 96.1 Å². The number of aryl methyl sites for hydroxylation is 1. The lowest BCUT2D eigenvalue weighted by atomic mass is 9.98. The van der Waals surface area contributed by atoms with Crippen molar-refractivity contribution >= 4 is 11.3 Å². The zero-order chi connectivity index (χ0) is 10.7. The molecule has 0 saturated carbocycles. The molecule has 1 aliphatic heterocycles. The molecule has 2 N–H and O–H groups in total. The molecule has 0 bridgehead atoms. The number of thiophene rings is 1. The molecule has 3 heteroatoms. The Bertz CT molecular complexity index is 308. The molecule has 0 unspecified atom stereocenters. The van der Waals surface area contributed by atoms with Gasteiger partial charge in [0.05, 0.1) is 0 Å². The van der Waals surface area contributed by atoms with Crippen molar-refractivity contribution in [2.75, 3.05) is 19.6 Å². The topological polar surface area (TPSA) is 24.1 Å². The van der Waals surface area contributed by atoms with E-state index in [-0.39, 0.29) is 0 Å². The number of nitrogens with one attached hydrogen (secondary N) is 2. The summed E-state index contributed by atoms with van der Waals surface area (Å²) in [5.74, 6) is 1.63. The summed E-state index contributed by atoms with van der Waals surface area (Å²) >= 11 is 1.85. The maximum absolute atomic E-state index is 3.57. The van der Waals surface area contributed by atoms with Crippen LogP contribution in [-0.2, 0) is 6.54 Å². The number of rotatable bonds is 4. The molecule has 0 aliphatic carbocycles. The molecule has 84 valence electrons. The van der Waals surface area contributed by atoms with Gasteiger partial charge in [-0.1, -0.05) is 6.92 Å². The largest absolute Gasteiger partial charge is 0.316 e. The Kier molecular flexibility index (Phi) is 3.78. The molecule has 1 aromatic heterocycles. The SMILES string of the molecule is Cc1ccsc1CNC[C@@H]1CNC[C@H]1C. The fourth-order valence-corrected chi connectivity index (χ4v) is 2.97. The van der Waals surface area contributed by atoms with E-state index in [2.05, 4.69) is 35.9 Å². The van der Waals surface area contributed by atoms with Crippen LogP contribution >= 0.6 is 11.3 Å². The van der Waals surface area contributed by atoms with Crippen molar-refractivity contribution in [3.63, 3.8) is 0 Å². The summed E-state index contributed by atoms with van der Waals surface area (Å²) in [7, 11) is 0. The molecular formula is C12H20N2S. The van der Waals surface area contributed by atoms with Crippen molar-refractivity contribution in [1.29, 1.82) is 0 Å². The maximum atomic E-state index is 3.57. The predicted molar refractivity (Wildman–Crippen MR) is 66.3 cm³/mol. The lowest BCUT2D eigenvalue weighted by Gasteiger charge is -2.14. The molecule has 2 nitrogen and oxygen atoms in total. The van der Waals surface area contributed by atoms with E-state index in [1.807, 2.05) is 11.3 Å². The molecule has 0 amide bonds. The van der Waals surface area contributed by atoms with E-state index in [0.29, 0.717) is 0 Å². The van der Waals surface area contributed by atoms with Crippen LogP contribution in [-0.4, -0.2) is 19.6 Å². The van der Waals surface area contributed by atoms with Crippen molar-refractivity contribution in [2.45, 2.75) is 20.4 Å². The van der Waals surface area contributed by atoms with Gasteiger partial charge in [0, 0.05) is 11.4 Å². The summed E-state index contributed by atoms with van der Waals surface area (Å²) < 4.78 is 0. The molecule has 15 heavy (non-hydrogen) atoms. The second-order valence-electron chi connectivity index (χ2n) is 4.55. The van der Waals surface area contributed by atoms with E-state index in [4.69, 9.17) is 0 Å². The molecule has 0 radical (unpaired) electrons. The molecule has 1 aliphatic rings. The predicted octanol–water partition coefficient (Wildman–Crippen LogP) is 2.00. The first-order valence-electron chi connectivity index (χ1n) is 5.72. The highest BCUT2D eigenvalue weighted by Gasteiger charge is 2.22. The van der Waals surface area contributed by atoms with Crippen LogP contribution in [0.2, 0.25) is 0 Å². The summed E-state index contributed by atoms with van der Waals surface area (Å²) in [6.45, 7) is 9.07. The lowest BCUT2D eigenvalue weighted by molar-refractivity contribution is 0.420. The third-order valence-corrected chi connectivity index (χ3v) is 4.36. The van der Waals surface area contributed by atoms with Crippen molar-refractivity contribution in [2.24, 2.45) is 11.8 Å². The molecule has 0 spiro atoms. The third-order valence-electron chi connectivity index (χ3n) is 3.34. The van der Waals surface area contributed by atoms with E-state index >= 15 is 0 Å². The lowest BCUT2D eigenvalue weighted by Crippen LogP contribution is -2.26. The highest BCUT2D eigenvalue weighted by molar-refractivity contribution is 7.10. The van der Waals surface area contributed by atoms with Crippen LogP contribution in [0.1, 0.15) is 17.4 Å². The van der Waals surface area contributed by atoms with Gasteiger partial charge in [-0.2, -0.15) is 0 Å². The Balaban J connectivity index is 1.73. The second kappa shape index (κ2) is 5.10. The van der Waals surface area contributed by atoms with Gasteiger partial charge in [0.2, 0.25) is 0 Å². The molecular weight excluding hydrogens is 204 g/mol. The van der Waals surface area contributed by atoms with Crippen molar-refractivity contribution in [3.8, 4) is 0 Å². The van der Waals surface area contributed by atoms with Crippen LogP contribution < -0.4 is 10.6 Å². The summed E-state index contributed by atoms with van der Waals surface area (Å²) in [6, 6.07) is 2.20. The maximum Gasteiger partial charge on any atom is 0.0302 e. The normalized spacial score (nSPS) is 26.0. The number of hydrogen-bond donors (Lipinski definition) is 2. The Morgan fingerprint density at radius 3 is 3.00 bits per heavy atom. The molecule has 0 aromatic carbocycles. The van der Waals surface area contributed by atoms with Gasteiger partial charge in [-0.3, -0.25) is 0 Å². The molecule has 2 heterocycles. The first-order chi connectivity index (χ1) is 7.27. The van der Waals surface area contributed by atoms with Crippen LogP contribution in [0.25, 0.3) is 0 Å². The van der Waals surface area contributed by atoms with E-state index in [1.54, 1.807) is 0 Å². The van der Waals surface area contributed by atoms with Gasteiger partial charge in [-0.15, -0.1) is 11.3 Å². The fraction of sp³-hybridized carbons (Fsp3) is 0.667. The summed E-state index contributed by atoms with van der Waals surface area (Å²) in [6.07, 6.45) is 0. The van der Waals surface area contributed by atoms with Crippen LogP contribution in [0.5, 0.6) is 0 Å². The minimum atomic E-state index is 0.810. The standard InChI is InChI=1S/C12H20N2S/c1-9-3-4-15-12(9)8-14-7-11-6-13-5-10(11)2/h3-4,10-11,13-14H,5-8H2,1-2H3/t10-,11+/m1/s1. The van der Waals surface area contributed by atoms with Crippen LogP contribution in [0, 0.1) is 18.8 Å². The van der Waals surface area contributed by atoms with Crippen molar-refractivity contribution in [1.82, 2.24) is 10.6 Å². The monoisotopic (exact) mass is 224 g/mol. The van der Waals surface area contributed by atoms with E-state index in [9.17, 15) is 0 Å². The molecule has 1 saturated heterocycles. The second-order valence-corrected chi connectivity index (χ2v) is 5.55. The van der Waals surface area contributed by atoms with Gasteiger partial charge in [0.15, 0.2) is 0 Å². The summed E-state index contributed by atoms with van der Waals surface area (Å²) in [4.78, 5) is 1.48. The zero-order valence-corrected chi connectivity index (χ0v) is 10.4. The summed E-state index contributed by atoms with van der Waals surface area (Å²) in [5, 5.41) is 9.18. The average Bonchev–Trinajstić information content (AvgIpc) is 2.78. The molecule has 1 aromatic rings. The number of hydrogen-bond acceptors (Lipinski definition) is 3. The Hall–Kier alpha value is -0.380. The van der Waals surface area contributed by atoms with E-state index < -0.39 is 0 Å². The van der Waals surface area contributed by atoms with E-state index in [0.717, 1.165) is 24.9 Å². The van der Waals surface area contributed by atoms with Gasteiger partial charge in [-0.25, -0.2) is 0 Å². The average molecular weight is 224 g/mol. The van der Waals surface area contributed by atoms with Crippen LogP contribution in [0.15, 0.2) is 11.4 Å². The van der Waals surface area contributed by atoms with Gasteiger partial charge < -0.3 is 10.6 Å². The first-order valence-corrected chi connectivity index (χ1v) is 6.59. The molecule has 1 fully saturated rings. The van der Waals surface area contributed by atoms with Gasteiger partial charge in [0.25, 0.3) is 0 Å². The Morgan fingerprint density at radius 1 is 1.53 bits per heavy atom. The Morgan fingerprint density at radius 2 is 2.40 bits per heavy atom. The van der Waals surface area contributed by atoms with Crippen LogP contribution in [0.3, 0.4) is 0 Å². The van der Waals surface area contributed by atoms with Gasteiger partial charge in [0.1, 0.15) is 0 Å². The smallest absolute Gasteiger partial charge is 0.0302 e. The van der Waals surface area contributed by atoms with Crippen LogP contribution in [0.4, 0.5) is 0 Å². The van der Waals surface area contributed by atoms with E-state index in [1.165, 1.54) is 23.5 Å². The summed E-state index contributed by atoms with van der Waals surface area (Å²) in [5.41, 5.74) is 1.42. The highest BCUT2D eigenvalue weighted by Crippen LogP contribution is 2.17. The molecule has 2 atom stereocenters. The minimum absolute atomic E-state index is 0.810. The van der Waals surface area contributed by atoms with Crippen molar-refractivity contribution in [3.05, 3.63) is 21.9 Å². The fourth-order valence-electron chi connectivity index (χ4n) is 2.09. The van der Waals surface area contributed by atoms with Gasteiger partial charge >= 0.3 is 0 Å². The quantitative estimate of drug-likeness (QED) is 0.817. The van der Waals surface area contributed by atoms with Gasteiger partial charge in [-0.05, 0) is 55.4 Å². The zero-order valence-electron chi connectivity index (χ0n) is 9.55. The first kappa shape index (κ1) is 11.1.